The number of rotatable bonds is 7. The molecule has 1 N–H and O–H groups in total. The van der Waals surface area contributed by atoms with E-state index in [-0.39, 0.29) is 18.5 Å². The van der Waals surface area contributed by atoms with Crippen LogP contribution in [0.25, 0.3) is 10.8 Å². The van der Waals surface area contributed by atoms with Gasteiger partial charge in [-0.1, -0.05) is 42.5 Å². The number of hydrogen-bond acceptors (Lipinski definition) is 3. The number of aliphatic carboxylic acids is 1. The Morgan fingerprint density at radius 2 is 1.89 bits per heavy atom. The zero-order chi connectivity index (χ0) is 19.9. The highest BCUT2D eigenvalue weighted by molar-refractivity contribution is 5.85. The Morgan fingerprint density at radius 1 is 1.11 bits per heavy atom. The number of benzene rings is 2. The molecule has 28 heavy (non-hydrogen) atoms. The number of carbonyl (C=O) groups is 2. The number of fused-ring (bicyclic) bond motifs is 1. The molecule has 0 radical (unpaired) electrons. The maximum Gasteiger partial charge on any atom is 0.323 e. The highest BCUT2D eigenvalue weighted by Crippen LogP contribution is 2.21. The van der Waals surface area contributed by atoms with E-state index in [0.29, 0.717) is 0 Å². The predicted octanol–water partition coefficient (Wildman–Crippen LogP) is 3.56. The van der Waals surface area contributed by atoms with Gasteiger partial charge in [0.15, 0.2) is 0 Å². The Kier molecular flexibility index (Phi) is 7.04. The number of aryl methyl sites for hydroxylation is 1. The standard InChI is InChI=1S/C23H30N2O3/c1-18(26)25(17-23(27)28)21-11-6-15-24(16-13-21)14-5-10-20-9-4-8-19-7-2-3-12-22(19)20/h2-4,7-9,12,21H,5-6,10-11,13-17H2,1H3,(H,27,28). The number of likely N-dealkylation sites (tertiary alicyclic amines) is 1. The molecule has 1 heterocycles. The van der Waals surface area contributed by atoms with Crippen LogP contribution in [0.4, 0.5) is 0 Å². The Labute approximate surface area is 166 Å². The number of hydrogen-bond donors (Lipinski definition) is 1. The van der Waals surface area contributed by atoms with Crippen molar-refractivity contribution in [3.05, 3.63) is 48.0 Å². The molecule has 0 aromatic heterocycles. The Morgan fingerprint density at radius 3 is 2.68 bits per heavy atom. The summed E-state index contributed by atoms with van der Waals surface area (Å²) in [5.74, 6) is -1.08. The van der Waals surface area contributed by atoms with Crippen LogP contribution in [0.3, 0.4) is 0 Å². The van der Waals surface area contributed by atoms with Crippen LogP contribution in [0.1, 0.15) is 38.2 Å². The maximum absolute atomic E-state index is 11.9. The highest BCUT2D eigenvalue weighted by Gasteiger charge is 2.25. The summed E-state index contributed by atoms with van der Waals surface area (Å²) in [6.07, 6.45) is 4.89. The lowest BCUT2D eigenvalue weighted by Gasteiger charge is -2.29. The second-order valence-electron chi connectivity index (χ2n) is 7.71. The third-order valence-electron chi connectivity index (χ3n) is 5.74. The summed E-state index contributed by atoms with van der Waals surface area (Å²) in [6.45, 7) is 4.25. The molecule has 1 atom stereocenters. The average Bonchev–Trinajstić information content (AvgIpc) is 2.91. The average molecular weight is 383 g/mol. The van der Waals surface area contributed by atoms with Gasteiger partial charge in [0.1, 0.15) is 6.54 Å². The van der Waals surface area contributed by atoms with Crippen molar-refractivity contribution >= 4 is 22.6 Å². The van der Waals surface area contributed by atoms with Crippen molar-refractivity contribution in [2.24, 2.45) is 0 Å². The van der Waals surface area contributed by atoms with Crippen molar-refractivity contribution in [1.82, 2.24) is 9.80 Å². The van der Waals surface area contributed by atoms with Crippen LogP contribution in [-0.2, 0) is 16.0 Å². The first-order chi connectivity index (χ1) is 13.5. The number of amides is 1. The van der Waals surface area contributed by atoms with Gasteiger partial charge in [-0.25, -0.2) is 0 Å². The van der Waals surface area contributed by atoms with Gasteiger partial charge in [-0.05, 0) is 61.5 Å². The van der Waals surface area contributed by atoms with Crippen molar-refractivity contribution in [2.45, 2.75) is 45.1 Å². The molecule has 5 heteroatoms. The minimum atomic E-state index is -0.939. The highest BCUT2D eigenvalue weighted by atomic mass is 16.4. The molecule has 1 amide bonds. The second kappa shape index (κ2) is 9.69. The van der Waals surface area contributed by atoms with Gasteiger partial charge in [0, 0.05) is 19.5 Å². The summed E-state index contributed by atoms with van der Waals surface area (Å²) in [6, 6.07) is 15.1. The molecule has 0 spiro atoms. The van der Waals surface area contributed by atoms with Crippen LogP contribution in [-0.4, -0.2) is 59.0 Å². The normalized spacial score (nSPS) is 18.0. The van der Waals surface area contributed by atoms with Crippen LogP contribution in [0.5, 0.6) is 0 Å². The van der Waals surface area contributed by atoms with E-state index in [9.17, 15) is 9.59 Å². The Bertz CT molecular complexity index is 815. The van der Waals surface area contributed by atoms with Crippen molar-refractivity contribution in [2.75, 3.05) is 26.2 Å². The maximum atomic E-state index is 11.9. The summed E-state index contributed by atoms with van der Waals surface area (Å²) in [4.78, 5) is 26.9. The zero-order valence-electron chi connectivity index (χ0n) is 16.6. The van der Waals surface area contributed by atoms with E-state index in [1.54, 1.807) is 0 Å². The molecule has 5 nitrogen and oxygen atoms in total. The van der Waals surface area contributed by atoms with Gasteiger partial charge in [0.2, 0.25) is 5.91 Å². The minimum absolute atomic E-state index is 0.0386. The fraction of sp³-hybridized carbons (Fsp3) is 0.478. The molecule has 0 saturated carbocycles. The summed E-state index contributed by atoms with van der Waals surface area (Å²) < 4.78 is 0. The molecule has 3 rings (SSSR count). The topological polar surface area (TPSA) is 60.9 Å². The lowest BCUT2D eigenvalue weighted by molar-refractivity contribution is -0.145. The lowest BCUT2D eigenvalue weighted by atomic mass is 10.0. The fourth-order valence-electron chi connectivity index (χ4n) is 4.32. The van der Waals surface area contributed by atoms with Crippen molar-refractivity contribution in [3.8, 4) is 0 Å². The van der Waals surface area contributed by atoms with Crippen LogP contribution in [0, 0.1) is 0 Å². The summed E-state index contributed by atoms with van der Waals surface area (Å²) >= 11 is 0. The first-order valence-electron chi connectivity index (χ1n) is 10.2. The van der Waals surface area contributed by atoms with Gasteiger partial charge in [0.05, 0.1) is 0 Å². The largest absolute Gasteiger partial charge is 0.480 e. The van der Waals surface area contributed by atoms with Gasteiger partial charge < -0.3 is 14.9 Å². The Hall–Kier alpha value is -2.40. The van der Waals surface area contributed by atoms with E-state index in [1.165, 1.54) is 28.2 Å². The van der Waals surface area contributed by atoms with Gasteiger partial charge in [-0.2, -0.15) is 0 Å². The molecular formula is C23H30N2O3. The van der Waals surface area contributed by atoms with Gasteiger partial charge in [-0.15, -0.1) is 0 Å². The van der Waals surface area contributed by atoms with E-state index < -0.39 is 5.97 Å². The minimum Gasteiger partial charge on any atom is -0.480 e. The molecule has 2 aromatic carbocycles. The van der Waals surface area contributed by atoms with Crippen LogP contribution in [0.2, 0.25) is 0 Å². The first-order valence-corrected chi connectivity index (χ1v) is 10.2. The molecule has 2 aromatic rings. The van der Waals surface area contributed by atoms with Gasteiger partial charge in [-0.3, -0.25) is 9.59 Å². The second-order valence-corrected chi connectivity index (χ2v) is 7.71. The summed E-state index contributed by atoms with van der Waals surface area (Å²) in [5, 5.41) is 11.7. The number of nitrogens with zero attached hydrogens (tertiary/aromatic N) is 2. The van der Waals surface area contributed by atoms with E-state index in [4.69, 9.17) is 5.11 Å². The SMILES string of the molecule is CC(=O)N(CC(=O)O)C1CCCN(CCCc2cccc3ccccc23)CC1. The molecule has 1 unspecified atom stereocenters. The predicted molar refractivity (Wildman–Crippen MR) is 111 cm³/mol. The number of carboxylic acid groups (broad SMARTS) is 1. The van der Waals surface area contributed by atoms with Crippen molar-refractivity contribution < 1.29 is 14.7 Å². The molecule has 1 aliphatic heterocycles. The third-order valence-corrected chi connectivity index (χ3v) is 5.74. The van der Waals surface area contributed by atoms with E-state index in [0.717, 1.165) is 51.7 Å². The number of carboxylic acids is 1. The molecule has 0 bridgehead atoms. The number of carbonyl (C=O) groups excluding carboxylic acids is 1. The van der Waals surface area contributed by atoms with E-state index >= 15 is 0 Å². The molecule has 150 valence electrons. The third kappa shape index (κ3) is 5.32. The van der Waals surface area contributed by atoms with Crippen molar-refractivity contribution in [3.63, 3.8) is 0 Å². The quantitative estimate of drug-likeness (QED) is 0.795. The smallest absolute Gasteiger partial charge is 0.323 e. The molecule has 1 fully saturated rings. The van der Waals surface area contributed by atoms with E-state index in [2.05, 4.69) is 47.4 Å². The Balaban J connectivity index is 1.52. The lowest BCUT2D eigenvalue weighted by Crippen LogP contribution is -2.42. The molecular weight excluding hydrogens is 352 g/mol. The molecule has 1 saturated heterocycles. The fourth-order valence-corrected chi connectivity index (χ4v) is 4.32. The van der Waals surface area contributed by atoms with Gasteiger partial charge >= 0.3 is 5.97 Å². The summed E-state index contributed by atoms with van der Waals surface area (Å²) in [7, 11) is 0. The van der Waals surface area contributed by atoms with Crippen LogP contribution in [0.15, 0.2) is 42.5 Å². The summed E-state index contributed by atoms with van der Waals surface area (Å²) in [5.41, 5.74) is 1.40. The monoisotopic (exact) mass is 382 g/mol. The van der Waals surface area contributed by atoms with Crippen molar-refractivity contribution in [1.29, 1.82) is 0 Å². The van der Waals surface area contributed by atoms with Gasteiger partial charge in [0.25, 0.3) is 0 Å². The van der Waals surface area contributed by atoms with E-state index in [1.807, 2.05) is 0 Å². The first kappa shape index (κ1) is 20.3. The molecule has 0 aliphatic carbocycles. The zero-order valence-corrected chi connectivity index (χ0v) is 16.6. The van der Waals surface area contributed by atoms with Crippen LogP contribution < -0.4 is 0 Å². The van der Waals surface area contributed by atoms with Crippen LogP contribution >= 0.6 is 0 Å². The molecule has 1 aliphatic rings.